The van der Waals surface area contributed by atoms with Gasteiger partial charge in [-0.05, 0) is 80.4 Å². The Hall–Kier alpha value is -3.92. The minimum atomic E-state index is -4.15. The van der Waals surface area contributed by atoms with E-state index in [1.165, 1.54) is 45.3 Å². The fourth-order valence-electron chi connectivity index (χ4n) is 4.36. The van der Waals surface area contributed by atoms with Crippen molar-refractivity contribution in [3.05, 3.63) is 66.7 Å². The van der Waals surface area contributed by atoms with Gasteiger partial charge in [-0.2, -0.15) is 0 Å². The fourth-order valence-corrected chi connectivity index (χ4v) is 5.79. The average molecular weight is 540 g/mol. The SMILES string of the molecule is CCOc1ccc(N(CC(=O)Nc2ccc(N3CCCC3)cc2)S(=O)(=O)c2ccc(OC)c(OC)c2)cc1. The molecule has 0 spiro atoms. The van der Waals surface area contributed by atoms with Crippen LogP contribution in [0.25, 0.3) is 0 Å². The normalized spacial score (nSPS) is 13.2. The first-order chi connectivity index (χ1) is 18.3. The molecular formula is C28H33N3O6S. The summed E-state index contributed by atoms with van der Waals surface area (Å²) in [6.07, 6.45) is 2.35. The maximum Gasteiger partial charge on any atom is 0.264 e. The Morgan fingerprint density at radius 1 is 0.921 bits per heavy atom. The number of anilines is 3. The van der Waals surface area contributed by atoms with Crippen LogP contribution in [0.3, 0.4) is 0 Å². The standard InChI is InChI=1S/C28H33N3O6S/c1-4-37-24-13-11-23(12-14-24)31(38(33,34)25-15-16-26(35-2)27(19-25)36-3)20-28(32)29-21-7-9-22(10-8-21)30-17-5-6-18-30/h7-16,19H,4-6,17-18,20H2,1-3H3,(H,29,32). The van der Waals surface area contributed by atoms with Crippen molar-refractivity contribution in [2.45, 2.75) is 24.7 Å². The van der Waals surface area contributed by atoms with Crippen molar-refractivity contribution >= 4 is 33.0 Å². The lowest BCUT2D eigenvalue weighted by molar-refractivity contribution is -0.114. The third-order valence-corrected chi connectivity index (χ3v) is 8.06. The number of carbonyl (C=O) groups excluding carboxylic acids is 1. The Balaban J connectivity index is 1.60. The molecule has 0 aromatic heterocycles. The first-order valence-corrected chi connectivity index (χ1v) is 13.9. The first kappa shape index (κ1) is 27.1. The van der Waals surface area contributed by atoms with Crippen LogP contribution in [0.15, 0.2) is 71.6 Å². The number of ether oxygens (including phenoxy) is 3. The van der Waals surface area contributed by atoms with E-state index >= 15 is 0 Å². The highest BCUT2D eigenvalue weighted by Crippen LogP contribution is 2.33. The molecule has 1 amide bonds. The monoisotopic (exact) mass is 539 g/mol. The molecule has 202 valence electrons. The summed E-state index contributed by atoms with van der Waals surface area (Å²) in [6.45, 7) is 3.96. The van der Waals surface area contributed by atoms with Crippen molar-refractivity contribution in [1.82, 2.24) is 0 Å². The number of nitrogens with one attached hydrogen (secondary N) is 1. The number of rotatable bonds is 11. The molecule has 3 aromatic rings. The predicted molar refractivity (Wildman–Crippen MR) is 148 cm³/mol. The summed E-state index contributed by atoms with van der Waals surface area (Å²) < 4.78 is 44.7. The van der Waals surface area contributed by atoms with Gasteiger partial charge in [0.2, 0.25) is 5.91 Å². The predicted octanol–water partition coefficient (Wildman–Crippen LogP) is 4.54. The highest BCUT2D eigenvalue weighted by molar-refractivity contribution is 7.92. The first-order valence-electron chi connectivity index (χ1n) is 12.5. The molecule has 1 N–H and O–H groups in total. The molecule has 3 aromatic carbocycles. The third kappa shape index (κ3) is 6.13. The van der Waals surface area contributed by atoms with Crippen LogP contribution >= 0.6 is 0 Å². The highest BCUT2D eigenvalue weighted by atomic mass is 32.2. The molecule has 0 saturated carbocycles. The van der Waals surface area contributed by atoms with Gasteiger partial charge in [0, 0.05) is 30.5 Å². The summed E-state index contributed by atoms with van der Waals surface area (Å²) in [7, 11) is -1.25. The molecule has 9 nitrogen and oxygen atoms in total. The van der Waals surface area contributed by atoms with Crippen molar-refractivity contribution in [1.29, 1.82) is 0 Å². The number of methoxy groups -OCH3 is 2. The quantitative estimate of drug-likeness (QED) is 0.382. The van der Waals surface area contributed by atoms with E-state index in [-0.39, 0.29) is 10.6 Å². The van der Waals surface area contributed by atoms with E-state index in [0.29, 0.717) is 29.5 Å². The lowest BCUT2D eigenvalue weighted by atomic mass is 10.2. The summed E-state index contributed by atoms with van der Waals surface area (Å²) in [5, 5.41) is 2.82. The van der Waals surface area contributed by atoms with Crippen molar-refractivity contribution in [3.63, 3.8) is 0 Å². The van der Waals surface area contributed by atoms with Gasteiger partial charge in [0.05, 0.1) is 31.4 Å². The van der Waals surface area contributed by atoms with Crippen LogP contribution in [-0.4, -0.2) is 54.8 Å². The number of carbonyl (C=O) groups is 1. The van der Waals surface area contributed by atoms with Gasteiger partial charge < -0.3 is 24.4 Å². The smallest absolute Gasteiger partial charge is 0.264 e. The number of amides is 1. The van der Waals surface area contributed by atoms with E-state index in [9.17, 15) is 13.2 Å². The Labute approximate surface area is 224 Å². The zero-order valence-corrected chi connectivity index (χ0v) is 22.7. The van der Waals surface area contributed by atoms with E-state index in [4.69, 9.17) is 14.2 Å². The van der Waals surface area contributed by atoms with Crippen molar-refractivity contribution in [2.24, 2.45) is 0 Å². The number of hydrogen-bond donors (Lipinski definition) is 1. The van der Waals surface area contributed by atoms with E-state index in [1.807, 2.05) is 31.2 Å². The van der Waals surface area contributed by atoms with Gasteiger partial charge in [0.25, 0.3) is 10.0 Å². The minimum Gasteiger partial charge on any atom is -0.494 e. The molecule has 1 heterocycles. The van der Waals surface area contributed by atoms with E-state index in [0.717, 1.165) is 23.1 Å². The molecule has 10 heteroatoms. The Bertz CT molecular complexity index is 1340. The largest absolute Gasteiger partial charge is 0.494 e. The second-order valence-corrected chi connectivity index (χ2v) is 10.6. The molecule has 4 rings (SSSR count). The molecule has 0 atom stereocenters. The number of sulfonamides is 1. The van der Waals surface area contributed by atoms with Crippen LogP contribution < -0.4 is 28.7 Å². The lowest BCUT2D eigenvalue weighted by Crippen LogP contribution is -2.38. The molecule has 0 unspecified atom stereocenters. The molecule has 1 aliphatic heterocycles. The molecule has 38 heavy (non-hydrogen) atoms. The van der Waals surface area contributed by atoms with Crippen molar-refractivity contribution < 1.29 is 27.4 Å². The topological polar surface area (TPSA) is 97.4 Å². The summed E-state index contributed by atoms with van der Waals surface area (Å²) in [5.74, 6) is 0.788. The van der Waals surface area contributed by atoms with E-state index < -0.39 is 22.5 Å². The molecule has 1 aliphatic rings. The van der Waals surface area contributed by atoms with Crippen LogP contribution in [0.1, 0.15) is 19.8 Å². The van der Waals surface area contributed by atoms with Gasteiger partial charge in [-0.25, -0.2) is 8.42 Å². The minimum absolute atomic E-state index is 0.0354. The van der Waals surface area contributed by atoms with Gasteiger partial charge in [-0.1, -0.05) is 0 Å². The maximum atomic E-state index is 13.8. The maximum absolute atomic E-state index is 13.8. The van der Waals surface area contributed by atoms with Gasteiger partial charge in [-0.15, -0.1) is 0 Å². The van der Waals surface area contributed by atoms with Gasteiger partial charge >= 0.3 is 0 Å². The molecular weight excluding hydrogens is 506 g/mol. The zero-order valence-electron chi connectivity index (χ0n) is 21.8. The summed E-state index contributed by atoms with van der Waals surface area (Å²) in [5.41, 5.74) is 2.02. The number of hydrogen-bond acceptors (Lipinski definition) is 7. The zero-order chi connectivity index (χ0) is 27.1. The summed E-state index contributed by atoms with van der Waals surface area (Å²) >= 11 is 0. The second-order valence-electron chi connectivity index (χ2n) is 8.74. The highest BCUT2D eigenvalue weighted by Gasteiger charge is 2.28. The fraction of sp³-hybridized carbons (Fsp3) is 0.321. The van der Waals surface area contributed by atoms with E-state index in [1.54, 1.807) is 24.3 Å². The molecule has 0 bridgehead atoms. The molecule has 1 saturated heterocycles. The van der Waals surface area contributed by atoms with Crippen LogP contribution in [0.5, 0.6) is 17.2 Å². The molecule has 1 fully saturated rings. The molecule has 0 radical (unpaired) electrons. The van der Waals surface area contributed by atoms with Gasteiger partial charge in [0.1, 0.15) is 12.3 Å². The lowest BCUT2D eigenvalue weighted by Gasteiger charge is -2.25. The van der Waals surface area contributed by atoms with Crippen molar-refractivity contribution in [3.8, 4) is 17.2 Å². The second kappa shape index (κ2) is 12.1. The Morgan fingerprint density at radius 2 is 1.58 bits per heavy atom. The Kier molecular flexibility index (Phi) is 8.62. The van der Waals surface area contributed by atoms with Crippen LogP contribution in [-0.2, 0) is 14.8 Å². The van der Waals surface area contributed by atoms with Crippen LogP contribution in [0.4, 0.5) is 17.1 Å². The van der Waals surface area contributed by atoms with Crippen LogP contribution in [0, 0.1) is 0 Å². The third-order valence-electron chi connectivity index (χ3n) is 6.29. The number of nitrogens with zero attached hydrogens (tertiary/aromatic N) is 2. The van der Waals surface area contributed by atoms with Gasteiger partial charge in [-0.3, -0.25) is 9.10 Å². The average Bonchev–Trinajstić information content (AvgIpc) is 3.47. The molecule has 0 aliphatic carbocycles. The van der Waals surface area contributed by atoms with Crippen molar-refractivity contribution in [2.75, 3.05) is 55.0 Å². The van der Waals surface area contributed by atoms with Crippen LogP contribution in [0.2, 0.25) is 0 Å². The summed E-state index contributed by atoms with van der Waals surface area (Å²) in [4.78, 5) is 15.4. The summed E-state index contributed by atoms with van der Waals surface area (Å²) in [6, 6.07) is 18.5. The Morgan fingerprint density at radius 3 is 2.18 bits per heavy atom. The van der Waals surface area contributed by atoms with E-state index in [2.05, 4.69) is 10.2 Å². The van der Waals surface area contributed by atoms with Gasteiger partial charge in [0.15, 0.2) is 11.5 Å². The number of benzene rings is 3.